The molecular weight excluding hydrogens is 412 g/mol. The van der Waals surface area contributed by atoms with E-state index in [1.165, 1.54) is 18.2 Å². The van der Waals surface area contributed by atoms with Crippen LogP contribution in [0.2, 0.25) is 0 Å². The summed E-state index contributed by atoms with van der Waals surface area (Å²) in [5, 5.41) is 2.73. The Morgan fingerprint density at radius 1 is 0.933 bits per heavy atom. The average Bonchev–Trinajstić information content (AvgIpc) is 2.71. The first-order chi connectivity index (χ1) is 14.0. The Labute approximate surface area is 168 Å². The summed E-state index contributed by atoms with van der Waals surface area (Å²) in [6.45, 7) is 1.06. The van der Waals surface area contributed by atoms with Crippen LogP contribution in [0.25, 0.3) is 0 Å². The van der Waals surface area contributed by atoms with E-state index in [0.29, 0.717) is 37.3 Å². The van der Waals surface area contributed by atoms with Crippen molar-refractivity contribution in [2.24, 2.45) is 5.92 Å². The lowest BCUT2D eigenvalue weighted by atomic mass is 9.95. The third kappa shape index (κ3) is 5.43. The molecule has 3 rings (SSSR count). The molecule has 162 valence electrons. The van der Waals surface area contributed by atoms with Gasteiger partial charge in [-0.1, -0.05) is 12.1 Å². The summed E-state index contributed by atoms with van der Waals surface area (Å²) < 4.78 is 75.6. The van der Waals surface area contributed by atoms with E-state index < -0.39 is 23.5 Å². The Balaban J connectivity index is 1.48. The lowest BCUT2D eigenvalue weighted by Gasteiger charge is -2.32. The molecule has 1 fully saturated rings. The van der Waals surface area contributed by atoms with E-state index in [1.807, 2.05) is 4.90 Å². The van der Waals surface area contributed by atoms with E-state index >= 15 is 0 Å². The molecular formula is C20H19F6N3O. The first kappa shape index (κ1) is 21.9. The van der Waals surface area contributed by atoms with Gasteiger partial charge in [0.15, 0.2) is 0 Å². The molecule has 0 spiro atoms. The SMILES string of the molecule is O=C(NCc1ccc(C(F)(F)F)cc1)C1CCN(c2ccc(C(F)(F)F)cn2)CC1. The second kappa shape index (κ2) is 8.53. The fourth-order valence-electron chi connectivity index (χ4n) is 3.26. The number of piperidine rings is 1. The van der Waals surface area contributed by atoms with Gasteiger partial charge in [0.1, 0.15) is 5.82 Å². The van der Waals surface area contributed by atoms with Gasteiger partial charge in [-0.05, 0) is 42.7 Å². The molecule has 2 aromatic rings. The molecule has 2 heterocycles. The number of amides is 1. The van der Waals surface area contributed by atoms with Crippen LogP contribution in [0, 0.1) is 5.92 Å². The van der Waals surface area contributed by atoms with Crippen molar-refractivity contribution < 1.29 is 31.1 Å². The predicted molar refractivity (Wildman–Crippen MR) is 97.5 cm³/mol. The van der Waals surface area contributed by atoms with E-state index in [4.69, 9.17) is 0 Å². The highest BCUT2D eigenvalue weighted by Gasteiger charge is 2.32. The Morgan fingerprint density at radius 2 is 1.50 bits per heavy atom. The Bertz CT molecular complexity index is 854. The van der Waals surface area contributed by atoms with Crippen molar-refractivity contribution in [2.75, 3.05) is 18.0 Å². The van der Waals surface area contributed by atoms with E-state index in [9.17, 15) is 31.1 Å². The standard InChI is InChI=1S/C20H19F6N3O/c21-19(22,23)15-3-1-13(2-4-15)11-28-18(30)14-7-9-29(10-8-14)17-6-5-16(12-27-17)20(24,25)26/h1-6,12,14H,7-11H2,(H,28,30). The molecule has 30 heavy (non-hydrogen) atoms. The van der Waals surface area contributed by atoms with Gasteiger partial charge in [0, 0.05) is 31.7 Å². The highest BCUT2D eigenvalue weighted by atomic mass is 19.4. The maximum absolute atomic E-state index is 12.6. The van der Waals surface area contributed by atoms with Crippen LogP contribution in [-0.4, -0.2) is 24.0 Å². The Kier molecular flexibility index (Phi) is 6.23. The van der Waals surface area contributed by atoms with Gasteiger partial charge >= 0.3 is 12.4 Å². The summed E-state index contributed by atoms with van der Waals surface area (Å²) in [4.78, 5) is 18.0. The number of benzene rings is 1. The minimum atomic E-state index is -4.44. The Morgan fingerprint density at radius 3 is 2.00 bits per heavy atom. The van der Waals surface area contributed by atoms with Gasteiger partial charge in [-0.3, -0.25) is 4.79 Å². The minimum Gasteiger partial charge on any atom is -0.357 e. The minimum absolute atomic E-state index is 0.123. The van der Waals surface area contributed by atoms with Crippen molar-refractivity contribution in [3.05, 3.63) is 59.3 Å². The van der Waals surface area contributed by atoms with Gasteiger partial charge in [0.05, 0.1) is 11.1 Å². The van der Waals surface area contributed by atoms with Gasteiger partial charge < -0.3 is 10.2 Å². The van der Waals surface area contributed by atoms with Gasteiger partial charge in [-0.15, -0.1) is 0 Å². The molecule has 1 aliphatic heterocycles. The molecule has 1 aliphatic rings. The van der Waals surface area contributed by atoms with Gasteiger partial charge in [-0.2, -0.15) is 26.3 Å². The summed E-state index contributed by atoms with van der Waals surface area (Å²) >= 11 is 0. The number of carbonyl (C=O) groups excluding carboxylic acids is 1. The first-order valence-electron chi connectivity index (χ1n) is 9.26. The first-order valence-corrected chi connectivity index (χ1v) is 9.26. The van der Waals surface area contributed by atoms with Crippen LogP contribution >= 0.6 is 0 Å². The lowest BCUT2D eigenvalue weighted by molar-refractivity contribution is -0.138. The Hall–Kier alpha value is -2.78. The van der Waals surface area contributed by atoms with E-state index in [0.717, 1.165) is 24.4 Å². The smallest absolute Gasteiger partial charge is 0.357 e. The van der Waals surface area contributed by atoms with Crippen LogP contribution < -0.4 is 10.2 Å². The molecule has 1 aromatic carbocycles. The van der Waals surface area contributed by atoms with Gasteiger partial charge in [0.2, 0.25) is 5.91 Å². The lowest BCUT2D eigenvalue weighted by Crippen LogP contribution is -2.40. The molecule has 0 bridgehead atoms. The van der Waals surface area contributed by atoms with E-state index in [1.54, 1.807) is 0 Å². The maximum atomic E-state index is 12.6. The normalized spacial score (nSPS) is 15.9. The molecule has 0 saturated carbocycles. The number of anilines is 1. The number of aromatic nitrogens is 1. The van der Waals surface area contributed by atoms with E-state index in [2.05, 4.69) is 10.3 Å². The van der Waals surface area contributed by atoms with Crippen LogP contribution in [-0.2, 0) is 23.7 Å². The molecule has 1 saturated heterocycles. The topological polar surface area (TPSA) is 45.2 Å². The summed E-state index contributed by atoms with van der Waals surface area (Å²) in [5.74, 6) is -0.0494. The highest BCUT2D eigenvalue weighted by Crippen LogP contribution is 2.31. The molecule has 0 aliphatic carbocycles. The molecule has 4 nitrogen and oxygen atoms in total. The molecule has 0 unspecified atom stereocenters. The zero-order valence-corrected chi connectivity index (χ0v) is 15.7. The number of carbonyl (C=O) groups is 1. The third-order valence-corrected chi connectivity index (χ3v) is 5.01. The number of nitrogens with one attached hydrogen (secondary N) is 1. The van der Waals surface area contributed by atoms with Crippen molar-refractivity contribution >= 4 is 11.7 Å². The zero-order chi connectivity index (χ0) is 21.9. The molecule has 1 amide bonds. The van der Waals surface area contributed by atoms with Crippen LogP contribution in [0.5, 0.6) is 0 Å². The quantitative estimate of drug-likeness (QED) is 0.717. The van der Waals surface area contributed by atoms with Crippen molar-refractivity contribution in [3.8, 4) is 0 Å². The van der Waals surface area contributed by atoms with Crippen molar-refractivity contribution in [3.63, 3.8) is 0 Å². The number of alkyl halides is 6. The van der Waals surface area contributed by atoms with Crippen LogP contribution in [0.3, 0.4) is 0 Å². The number of pyridine rings is 1. The third-order valence-electron chi connectivity index (χ3n) is 5.01. The monoisotopic (exact) mass is 431 g/mol. The second-order valence-corrected chi connectivity index (χ2v) is 7.08. The molecule has 1 N–H and O–H groups in total. The number of rotatable bonds is 4. The highest BCUT2D eigenvalue weighted by molar-refractivity contribution is 5.79. The summed E-state index contributed by atoms with van der Waals surface area (Å²) in [7, 11) is 0. The van der Waals surface area contributed by atoms with Gasteiger partial charge in [-0.25, -0.2) is 4.98 Å². The van der Waals surface area contributed by atoms with Crippen molar-refractivity contribution in [1.82, 2.24) is 10.3 Å². The zero-order valence-electron chi connectivity index (χ0n) is 15.7. The van der Waals surface area contributed by atoms with Crippen molar-refractivity contribution in [2.45, 2.75) is 31.7 Å². The number of nitrogens with zero attached hydrogens (tertiary/aromatic N) is 2. The molecule has 10 heteroatoms. The number of hydrogen-bond donors (Lipinski definition) is 1. The predicted octanol–water partition coefficient (Wildman–Crippen LogP) is 4.65. The van der Waals surface area contributed by atoms with Crippen LogP contribution in [0.15, 0.2) is 42.6 Å². The summed E-state index contributed by atoms with van der Waals surface area (Å²) in [5.41, 5.74) is -1.01. The summed E-state index contributed by atoms with van der Waals surface area (Å²) in [6.07, 6.45) is -7.05. The number of hydrogen-bond acceptors (Lipinski definition) is 3. The van der Waals surface area contributed by atoms with E-state index in [-0.39, 0.29) is 18.4 Å². The fourth-order valence-corrected chi connectivity index (χ4v) is 3.26. The summed E-state index contributed by atoms with van der Waals surface area (Å²) in [6, 6.07) is 6.87. The van der Waals surface area contributed by atoms with Gasteiger partial charge in [0.25, 0.3) is 0 Å². The largest absolute Gasteiger partial charge is 0.417 e. The maximum Gasteiger partial charge on any atom is 0.417 e. The fraction of sp³-hybridized carbons (Fsp3) is 0.400. The molecule has 0 radical (unpaired) electrons. The molecule has 1 aromatic heterocycles. The molecule has 0 atom stereocenters. The van der Waals surface area contributed by atoms with Crippen LogP contribution in [0.4, 0.5) is 32.2 Å². The average molecular weight is 431 g/mol. The second-order valence-electron chi connectivity index (χ2n) is 7.08. The number of halogens is 6. The van der Waals surface area contributed by atoms with Crippen LogP contribution in [0.1, 0.15) is 29.5 Å². The van der Waals surface area contributed by atoms with Crippen molar-refractivity contribution in [1.29, 1.82) is 0 Å².